The summed E-state index contributed by atoms with van der Waals surface area (Å²) in [6.45, 7) is 2.02. The van der Waals surface area contributed by atoms with E-state index in [0.29, 0.717) is 5.52 Å². The number of aromatic nitrogens is 3. The van der Waals surface area contributed by atoms with Crippen molar-refractivity contribution in [3.8, 4) is 16.9 Å². The van der Waals surface area contributed by atoms with E-state index in [1.165, 1.54) is 0 Å². The fourth-order valence-corrected chi connectivity index (χ4v) is 1.99. The van der Waals surface area contributed by atoms with Crippen LogP contribution in [0.4, 0.5) is 0 Å². The Hall–Kier alpha value is -2.36. The molecule has 17 heavy (non-hydrogen) atoms. The SMILES string of the molecule is Cc1cccc(-c2c(O)ccc3n[nH]nc23)c1. The van der Waals surface area contributed by atoms with Gasteiger partial charge >= 0.3 is 0 Å². The zero-order chi connectivity index (χ0) is 11.8. The van der Waals surface area contributed by atoms with Gasteiger partial charge in [0.05, 0.1) is 5.56 Å². The maximum atomic E-state index is 9.99. The van der Waals surface area contributed by atoms with Crippen LogP contribution in [0.1, 0.15) is 5.56 Å². The number of hydrogen-bond acceptors (Lipinski definition) is 3. The molecule has 84 valence electrons. The van der Waals surface area contributed by atoms with Crippen LogP contribution in [0.15, 0.2) is 36.4 Å². The van der Waals surface area contributed by atoms with Crippen LogP contribution in [0.5, 0.6) is 5.75 Å². The van der Waals surface area contributed by atoms with E-state index in [1.54, 1.807) is 12.1 Å². The second-order valence-electron chi connectivity index (χ2n) is 4.02. The highest BCUT2D eigenvalue weighted by atomic mass is 16.3. The maximum Gasteiger partial charge on any atom is 0.125 e. The van der Waals surface area contributed by atoms with E-state index in [2.05, 4.69) is 15.4 Å². The van der Waals surface area contributed by atoms with Gasteiger partial charge < -0.3 is 5.11 Å². The number of aromatic amines is 1. The number of phenolic OH excluding ortho intramolecular Hbond substituents is 1. The standard InChI is InChI=1S/C13H11N3O/c1-8-3-2-4-9(7-8)12-11(17)6-5-10-13(12)15-16-14-10/h2-7,17H,1H3,(H,14,15,16). The number of benzene rings is 2. The first-order valence-corrected chi connectivity index (χ1v) is 5.35. The molecule has 0 fully saturated rings. The minimum atomic E-state index is 0.219. The van der Waals surface area contributed by atoms with Gasteiger partial charge in [-0.15, -0.1) is 0 Å². The van der Waals surface area contributed by atoms with Crippen molar-refractivity contribution in [1.29, 1.82) is 0 Å². The molecule has 0 radical (unpaired) electrons. The van der Waals surface area contributed by atoms with E-state index < -0.39 is 0 Å². The molecule has 0 aliphatic carbocycles. The lowest BCUT2D eigenvalue weighted by Gasteiger charge is -2.05. The summed E-state index contributed by atoms with van der Waals surface area (Å²) in [7, 11) is 0. The van der Waals surface area contributed by atoms with Crippen molar-refractivity contribution in [2.24, 2.45) is 0 Å². The number of phenols is 1. The Bertz CT molecular complexity index is 688. The van der Waals surface area contributed by atoms with Crippen LogP contribution in [0.3, 0.4) is 0 Å². The molecule has 4 heteroatoms. The van der Waals surface area contributed by atoms with Gasteiger partial charge in [-0.1, -0.05) is 29.8 Å². The highest BCUT2D eigenvalue weighted by Crippen LogP contribution is 2.34. The van der Waals surface area contributed by atoms with Gasteiger partial charge in [-0.3, -0.25) is 0 Å². The van der Waals surface area contributed by atoms with Crippen molar-refractivity contribution in [2.45, 2.75) is 6.92 Å². The molecule has 0 saturated carbocycles. The van der Waals surface area contributed by atoms with Gasteiger partial charge in [0.2, 0.25) is 0 Å². The highest BCUT2D eigenvalue weighted by Gasteiger charge is 2.12. The zero-order valence-electron chi connectivity index (χ0n) is 9.31. The minimum Gasteiger partial charge on any atom is -0.507 e. The molecule has 1 heterocycles. The first-order chi connectivity index (χ1) is 8.25. The van der Waals surface area contributed by atoms with Crippen LogP contribution < -0.4 is 0 Å². The fraction of sp³-hybridized carbons (Fsp3) is 0.0769. The summed E-state index contributed by atoms with van der Waals surface area (Å²) in [6.07, 6.45) is 0. The third-order valence-electron chi connectivity index (χ3n) is 2.77. The number of rotatable bonds is 1. The van der Waals surface area contributed by atoms with E-state index in [0.717, 1.165) is 22.2 Å². The van der Waals surface area contributed by atoms with Crippen LogP contribution in [-0.2, 0) is 0 Å². The summed E-state index contributed by atoms with van der Waals surface area (Å²) >= 11 is 0. The number of aromatic hydroxyl groups is 1. The highest BCUT2D eigenvalue weighted by molar-refractivity contribution is 5.94. The number of nitrogens with one attached hydrogen (secondary N) is 1. The second-order valence-corrected chi connectivity index (χ2v) is 4.02. The van der Waals surface area contributed by atoms with Gasteiger partial charge in [-0.25, -0.2) is 0 Å². The molecular weight excluding hydrogens is 214 g/mol. The summed E-state index contributed by atoms with van der Waals surface area (Å²) in [6, 6.07) is 11.3. The van der Waals surface area contributed by atoms with Gasteiger partial charge in [0.25, 0.3) is 0 Å². The molecule has 0 spiro atoms. The van der Waals surface area contributed by atoms with Crippen LogP contribution >= 0.6 is 0 Å². The van der Waals surface area contributed by atoms with Crippen molar-refractivity contribution in [2.75, 3.05) is 0 Å². The van der Waals surface area contributed by atoms with Crippen molar-refractivity contribution in [3.63, 3.8) is 0 Å². The molecule has 0 unspecified atom stereocenters. The largest absolute Gasteiger partial charge is 0.507 e. The average Bonchev–Trinajstić information content (AvgIpc) is 2.76. The molecule has 4 nitrogen and oxygen atoms in total. The summed E-state index contributed by atoms with van der Waals surface area (Å²) < 4.78 is 0. The molecule has 3 aromatic rings. The third kappa shape index (κ3) is 1.54. The number of nitrogens with zero attached hydrogens (tertiary/aromatic N) is 2. The van der Waals surface area contributed by atoms with E-state index in [-0.39, 0.29) is 5.75 Å². The lowest BCUT2D eigenvalue weighted by atomic mass is 10.0. The predicted octanol–water partition coefficient (Wildman–Crippen LogP) is 2.64. The molecule has 0 aliphatic rings. The van der Waals surface area contributed by atoms with E-state index in [1.807, 2.05) is 31.2 Å². The Balaban J connectivity index is 2.36. The quantitative estimate of drug-likeness (QED) is 0.669. The third-order valence-corrected chi connectivity index (χ3v) is 2.77. The molecule has 2 aromatic carbocycles. The summed E-state index contributed by atoms with van der Waals surface area (Å²) in [5, 5.41) is 20.7. The Morgan fingerprint density at radius 3 is 2.82 bits per heavy atom. The Morgan fingerprint density at radius 2 is 2.00 bits per heavy atom. The molecule has 0 atom stereocenters. The molecule has 0 saturated heterocycles. The van der Waals surface area contributed by atoms with Crippen molar-refractivity contribution < 1.29 is 5.11 Å². The Labute approximate surface area is 97.9 Å². The van der Waals surface area contributed by atoms with E-state index >= 15 is 0 Å². The van der Waals surface area contributed by atoms with Gasteiger partial charge in [0, 0.05) is 0 Å². The lowest BCUT2D eigenvalue weighted by molar-refractivity contribution is 0.478. The van der Waals surface area contributed by atoms with Crippen LogP contribution in [0.2, 0.25) is 0 Å². The first-order valence-electron chi connectivity index (χ1n) is 5.35. The Morgan fingerprint density at radius 1 is 1.12 bits per heavy atom. The maximum absolute atomic E-state index is 9.99. The normalized spacial score (nSPS) is 10.9. The molecule has 0 aliphatic heterocycles. The number of aryl methyl sites for hydroxylation is 1. The number of hydrogen-bond donors (Lipinski definition) is 2. The molecule has 1 aromatic heterocycles. The topological polar surface area (TPSA) is 61.8 Å². The lowest BCUT2D eigenvalue weighted by Crippen LogP contribution is -1.83. The average molecular weight is 225 g/mol. The summed E-state index contributed by atoms with van der Waals surface area (Å²) in [5.41, 5.74) is 4.25. The molecule has 3 rings (SSSR count). The molecule has 0 bridgehead atoms. The molecular formula is C13H11N3O. The predicted molar refractivity (Wildman–Crippen MR) is 65.7 cm³/mol. The smallest absolute Gasteiger partial charge is 0.125 e. The van der Waals surface area contributed by atoms with Crippen LogP contribution in [-0.4, -0.2) is 20.5 Å². The number of fused-ring (bicyclic) bond motifs is 1. The monoisotopic (exact) mass is 225 g/mol. The first kappa shape index (κ1) is 9.84. The van der Waals surface area contributed by atoms with E-state index in [9.17, 15) is 5.11 Å². The van der Waals surface area contributed by atoms with Gasteiger partial charge in [-0.05, 0) is 24.6 Å². The molecule has 0 amide bonds. The van der Waals surface area contributed by atoms with Crippen molar-refractivity contribution in [1.82, 2.24) is 15.4 Å². The van der Waals surface area contributed by atoms with Crippen molar-refractivity contribution >= 4 is 11.0 Å². The summed E-state index contributed by atoms with van der Waals surface area (Å²) in [4.78, 5) is 0. The van der Waals surface area contributed by atoms with Gasteiger partial charge in [-0.2, -0.15) is 15.4 Å². The second kappa shape index (κ2) is 3.59. The fourth-order valence-electron chi connectivity index (χ4n) is 1.99. The Kier molecular flexibility index (Phi) is 2.08. The van der Waals surface area contributed by atoms with Crippen molar-refractivity contribution in [3.05, 3.63) is 42.0 Å². The molecule has 2 N–H and O–H groups in total. The number of H-pyrrole nitrogens is 1. The van der Waals surface area contributed by atoms with Crippen LogP contribution in [0.25, 0.3) is 22.2 Å². The zero-order valence-corrected chi connectivity index (χ0v) is 9.31. The van der Waals surface area contributed by atoms with Gasteiger partial charge in [0.15, 0.2) is 0 Å². The minimum absolute atomic E-state index is 0.219. The van der Waals surface area contributed by atoms with E-state index in [4.69, 9.17) is 0 Å². The summed E-state index contributed by atoms with van der Waals surface area (Å²) in [5.74, 6) is 0.219. The van der Waals surface area contributed by atoms with Gasteiger partial charge in [0.1, 0.15) is 16.8 Å². The van der Waals surface area contributed by atoms with Crippen LogP contribution in [0, 0.1) is 6.92 Å².